The quantitative estimate of drug-likeness (QED) is 0.0997. The molecule has 2 aromatic heterocycles. The summed E-state index contributed by atoms with van der Waals surface area (Å²) in [6.07, 6.45) is 3.12. The van der Waals surface area contributed by atoms with E-state index >= 15 is 0 Å². The van der Waals surface area contributed by atoms with Crippen LogP contribution in [-0.4, -0.2) is 51.3 Å². The van der Waals surface area contributed by atoms with E-state index in [1.807, 2.05) is 39.8 Å². The van der Waals surface area contributed by atoms with Gasteiger partial charge in [0, 0.05) is 54.7 Å². The first-order chi connectivity index (χ1) is 22.9. The van der Waals surface area contributed by atoms with Gasteiger partial charge in [-0.15, -0.1) is 0 Å². The van der Waals surface area contributed by atoms with Gasteiger partial charge < -0.3 is 15.4 Å². The van der Waals surface area contributed by atoms with E-state index in [9.17, 15) is 24.5 Å². The molecule has 3 amide bonds. The van der Waals surface area contributed by atoms with Crippen molar-refractivity contribution in [1.82, 2.24) is 15.0 Å². The molecule has 5 rings (SSSR count). The van der Waals surface area contributed by atoms with Crippen LogP contribution in [0.2, 0.25) is 0 Å². The van der Waals surface area contributed by atoms with Crippen LogP contribution in [0.25, 0.3) is 0 Å². The highest BCUT2D eigenvalue weighted by Gasteiger charge is 2.32. The SMILES string of the molecule is Cc1ccc(Nc2ncc3c(n2)N(C)C(=O)N(c2cc(NC(=O)CCC(=O)c4ccc([N+](=O)[O-])c(OCC(C)C)c4)ccc2C)C3)cn1. The number of fused-ring (bicyclic) bond motifs is 1. The summed E-state index contributed by atoms with van der Waals surface area (Å²) in [5.41, 5.74) is 4.19. The van der Waals surface area contributed by atoms with E-state index in [-0.39, 0.29) is 60.7 Å². The Bertz CT molecular complexity index is 1880. The second kappa shape index (κ2) is 14.2. The largest absolute Gasteiger partial charge is 0.487 e. The molecule has 2 N–H and O–H groups in total. The van der Waals surface area contributed by atoms with Gasteiger partial charge in [-0.3, -0.25) is 34.5 Å². The number of carbonyl (C=O) groups is 3. The number of ether oxygens (including phenoxy) is 1. The molecule has 0 bridgehead atoms. The zero-order chi connectivity index (χ0) is 34.5. The number of nitrogens with one attached hydrogen (secondary N) is 2. The minimum absolute atomic E-state index is 0.0141. The average molecular weight is 653 g/mol. The van der Waals surface area contributed by atoms with E-state index in [0.29, 0.717) is 23.1 Å². The number of benzene rings is 2. The van der Waals surface area contributed by atoms with Gasteiger partial charge in [-0.2, -0.15) is 4.98 Å². The fourth-order valence-corrected chi connectivity index (χ4v) is 5.01. The number of aromatic nitrogens is 3. The van der Waals surface area contributed by atoms with Gasteiger partial charge in [0.1, 0.15) is 5.82 Å². The molecule has 0 saturated heterocycles. The maximum Gasteiger partial charge on any atom is 0.330 e. The monoisotopic (exact) mass is 652 g/mol. The fourth-order valence-electron chi connectivity index (χ4n) is 5.01. The summed E-state index contributed by atoms with van der Waals surface area (Å²) in [7, 11) is 1.64. The second-order valence-corrected chi connectivity index (χ2v) is 11.9. The molecule has 0 saturated carbocycles. The lowest BCUT2D eigenvalue weighted by Crippen LogP contribution is -2.46. The van der Waals surface area contributed by atoms with Gasteiger partial charge in [0.25, 0.3) is 0 Å². The zero-order valence-electron chi connectivity index (χ0n) is 27.3. The Hall–Kier alpha value is -5.92. The lowest BCUT2D eigenvalue weighted by atomic mass is 10.1. The molecule has 4 aromatic rings. The van der Waals surface area contributed by atoms with E-state index < -0.39 is 10.8 Å². The molecule has 0 unspecified atom stereocenters. The molecule has 2 aromatic carbocycles. The molecule has 3 heterocycles. The maximum absolute atomic E-state index is 13.5. The van der Waals surface area contributed by atoms with Crippen molar-refractivity contribution < 1.29 is 24.0 Å². The number of Topliss-reactive ketones (excluding diaryl/α,β-unsaturated/α-hetero) is 1. The number of pyridine rings is 1. The number of anilines is 5. The van der Waals surface area contributed by atoms with Crippen LogP contribution in [0.15, 0.2) is 60.9 Å². The van der Waals surface area contributed by atoms with Crippen LogP contribution in [0.1, 0.15) is 53.9 Å². The molecule has 1 aliphatic heterocycles. The number of carbonyl (C=O) groups excluding carboxylic acids is 3. The van der Waals surface area contributed by atoms with Crippen LogP contribution in [0.5, 0.6) is 5.75 Å². The van der Waals surface area contributed by atoms with Crippen LogP contribution in [0.3, 0.4) is 0 Å². The Balaban J connectivity index is 1.24. The van der Waals surface area contributed by atoms with Crippen LogP contribution in [-0.2, 0) is 11.3 Å². The van der Waals surface area contributed by atoms with Crippen molar-refractivity contribution in [1.29, 1.82) is 0 Å². The predicted molar refractivity (Wildman–Crippen MR) is 181 cm³/mol. The number of hydrogen-bond donors (Lipinski definition) is 2. The van der Waals surface area contributed by atoms with E-state index in [2.05, 4.69) is 25.6 Å². The van der Waals surface area contributed by atoms with Gasteiger partial charge in [-0.25, -0.2) is 9.78 Å². The molecule has 0 aliphatic carbocycles. The lowest BCUT2D eigenvalue weighted by Gasteiger charge is -2.35. The smallest absolute Gasteiger partial charge is 0.330 e. The summed E-state index contributed by atoms with van der Waals surface area (Å²) < 4.78 is 5.57. The van der Waals surface area contributed by atoms with Gasteiger partial charge in [0.15, 0.2) is 11.5 Å². The average Bonchev–Trinajstić information content (AvgIpc) is 3.06. The molecule has 1 aliphatic rings. The van der Waals surface area contributed by atoms with Gasteiger partial charge in [-0.1, -0.05) is 19.9 Å². The van der Waals surface area contributed by atoms with Crippen molar-refractivity contribution in [3.8, 4) is 5.75 Å². The number of ketones is 1. The first-order valence-electron chi connectivity index (χ1n) is 15.4. The normalized spacial score (nSPS) is 12.5. The number of hydrogen-bond acceptors (Lipinski definition) is 10. The number of nitrogens with zero attached hydrogens (tertiary/aromatic N) is 6. The van der Waals surface area contributed by atoms with Crippen LogP contribution >= 0.6 is 0 Å². The molecular weight excluding hydrogens is 616 g/mol. The molecule has 0 atom stereocenters. The molecule has 14 nitrogen and oxygen atoms in total. The number of rotatable bonds is 12. The topological polar surface area (TPSA) is 173 Å². The molecule has 0 radical (unpaired) electrons. The Morgan fingerprint density at radius 1 is 1.02 bits per heavy atom. The van der Waals surface area contributed by atoms with E-state index in [1.165, 1.54) is 23.1 Å². The highest BCUT2D eigenvalue weighted by Crippen LogP contribution is 2.34. The Labute approximate surface area is 277 Å². The fraction of sp³-hybridized carbons (Fsp3) is 0.294. The lowest BCUT2D eigenvalue weighted by molar-refractivity contribution is -0.385. The third-order valence-corrected chi connectivity index (χ3v) is 7.59. The van der Waals surface area contributed by atoms with Crippen molar-refractivity contribution >= 4 is 52.2 Å². The Kier molecular flexibility index (Phi) is 9.92. The standard InChI is InChI=1S/C34H36N8O6/c1-20(2)19-48-30-14-23(8-11-27(30)42(46)47)29(43)12-13-31(44)37-25-9-6-21(3)28(15-25)41-18-24-16-36-33(39-32(24)40(5)34(41)45)38-26-10-7-22(4)35-17-26/h6-11,14-17,20H,12-13,18-19H2,1-5H3,(H,37,44)(H,36,38,39). The van der Waals surface area contributed by atoms with Crippen molar-refractivity contribution in [3.63, 3.8) is 0 Å². The minimum Gasteiger partial charge on any atom is -0.487 e. The van der Waals surface area contributed by atoms with E-state index in [1.54, 1.807) is 42.5 Å². The summed E-state index contributed by atoms with van der Waals surface area (Å²) in [6, 6.07) is 12.6. The van der Waals surface area contributed by atoms with Crippen molar-refractivity contribution in [3.05, 3.63) is 93.4 Å². The molecule has 0 fully saturated rings. The third-order valence-electron chi connectivity index (χ3n) is 7.59. The van der Waals surface area contributed by atoms with Crippen LogP contribution in [0.4, 0.5) is 39.3 Å². The molecule has 0 spiro atoms. The molecule has 48 heavy (non-hydrogen) atoms. The highest BCUT2D eigenvalue weighted by molar-refractivity contribution is 6.06. The Morgan fingerprint density at radius 2 is 1.79 bits per heavy atom. The maximum atomic E-state index is 13.5. The van der Waals surface area contributed by atoms with Crippen LogP contribution in [0, 0.1) is 29.9 Å². The van der Waals surface area contributed by atoms with Gasteiger partial charge in [0.05, 0.1) is 35.6 Å². The number of nitro groups is 1. The predicted octanol–water partition coefficient (Wildman–Crippen LogP) is 6.35. The molecule has 248 valence electrons. The number of amides is 3. The van der Waals surface area contributed by atoms with Crippen molar-refractivity contribution in [2.75, 3.05) is 34.1 Å². The van der Waals surface area contributed by atoms with Gasteiger partial charge >= 0.3 is 11.7 Å². The number of nitro benzene ring substituents is 1. The van der Waals surface area contributed by atoms with Crippen LogP contribution < -0.4 is 25.2 Å². The van der Waals surface area contributed by atoms with E-state index in [4.69, 9.17) is 4.74 Å². The zero-order valence-corrected chi connectivity index (χ0v) is 27.3. The molecular formula is C34H36N8O6. The molecule has 14 heteroatoms. The van der Waals surface area contributed by atoms with Gasteiger partial charge in [0.2, 0.25) is 11.9 Å². The number of aryl methyl sites for hydroxylation is 2. The third kappa shape index (κ3) is 7.71. The Morgan fingerprint density at radius 3 is 2.50 bits per heavy atom. The first-order valence-corrected chi connectivity index (χ1v) is 15.4. The second-order valence-electron chi connectivity index (χ2n) is 11.9. The number of urea groups is 1. The van der Waals surface area contributed by atoms with Crippen molar-refractivity contribution in [2.24, 2.45) is 5.92 Å². The minimum atomic E-state index is -0.561. The summed E-state index contributed by atoms with van der Waals surface area (Å²) in [4.78, 5) is 66.5. The summed E-state index contributed by atoms with van der Waals surface area (Å²) >= 11 is 0. The first kappa shape index (κ1) is 33.4. The summed E-state index contributed by atoms with van der Waals surface area (Å²) in [5.74, 6) is 0.205. The summed E-state index contributed by atoms with van der Waals surface area (Å²) in [6.45, 7) is 8.05. The summed E-state index contributed by atoms with van der Waals surface area (Å²) in [5, 5.41) is 17.3. The van der Waals surface area contributed by atoms with Gasteiger partial charge in [-0.05, 0) is 61.7 Å². The van der Waals surface area contributed by atoms with E-state index in [0.717, 1.165) is 22.5 Å². The van der Waals surface area contributed by atoms with Crippen molar-refractivity contribution in [2.45, 2.75) is 47.1 Å². The highest BCUT2D eigenvalue weighted by atomic mass is 16.6.